The Morgan fingerprint density at radius 3 is 2.38 bits per heavy atom. The molecule has 5 nitrogen and oxygen atoms in total. The van der Waals surface area contributed by atoms with E-state index in [0.29, 0.717) is 16.4 Å². The van der Waals surface area contributed by atoms with E-state index in [1.54, 1.807) is 6.92 Å². The molecule has 0 rings (SSSR count). The second-order valence-corrected chi connectivity index (χ2v) is 6.42. The van der Waals surface area contributed by atoms with Crippen LogP contribution in [0.3, 0.4) is 0 Å². The molecule has 2 N–H and O–H groups in total. The van der Waals surface area contributed by atoms with Crippen molar-refractivity contribution in [2.24, 2.45) is 0 Å². The lowest BCUT2D eigenvalue weighted by Gasteiger charge is -2.25. The number of carbonyl (C=O) groups is 1. The zero-order valence-corrected chi connectivity index (χ0v) is 9.57. The summed E-state index contributed by atoms with van der Waals surface area (Å²) in [5.74, 6) is 0. The number of hydrogen-bond donors (Lipinski definition) is 2. The van der Waals surface area contributed by atoms with Crippen molar-refractivity contribution < 1.29 is 19.0 Å². The van der Waals surface area contributed by atoms with Crippen LogP contribution in [0.5, 0.6) is 0 Å². The molecule has 0 heterocycles. The van der Waals surface area contributed by atoms with Gasteiger partial charge in [-0.3, -0.25) is 0 Å². The van der Waals surface area contributed by atoms with Crippen LogP contribution in [0, 0.1) is 0 Å². The molecule has 0 aliphatic carbocycles. The van der Waals surface area contributed by atoms with Crippen LogP contribution in [0.15, 0.2) is 0 Å². The van der Waals surface area contributed by atoms with Crippen LogP contribution in [0.25, 0.3) is 0 Å². The highest BCUT2D eigenvalue weighted by atomic mass is 32.5. The number of nitrogens with zero attached hydrogens (tertiary/aromatic N) is 2. The summed E-state index contributed by atoms with van der Waals surface area (Å²) in [5.41, 5.74) is 0. The van der Waals surface area contributed by atoms with E-state index in [4.69, 9.17) is 9.79 Å². The van der Waals surface area contributed by atoms with Crippen LogP contribution in [0.2, 0.25) is 0 Å². The standard InChI is InChI=1S/C4H10FN2O3PS2/c1-3-7(11(9,10)12)13-6(2)4(5)8/h3H2,1-2H3,(H2,9,10,12). The number of rotatable bonds is 4. The first-order chi connectivity index (χ1) is 5.79. The lowest BCUT2D eigenvalue weighted by molar-refractivity contribution is 0.209. The van der Waals surface area contributed by atoms with Crippen LogP contribution in [-0.4, -0.2) is 37.9 Å². The minimum atomic E-state index is -3.60. The largest absolute Gasteiger partial charge is 0.410 e. The van der Waals surface area contributed by atoms with Gasteiger partial charge >= 0.3 is 6.16 Å². The molecule has 0 saturated carbocycles. The van der Waals surface area contributed by atoms with E-state index in [-0.39, 0.29) is 6.54 Å². The lowest BCUT2D eigenvalue weighted by atomic mass is 10.8. The number of carbonyl (C=O) groups excluding carboxylic acids is 1. The maximum absolute atomic E-state index is 12.0. The summed E-state index contributed by atoms with van der Waals surface area (Å²) in [6, 6.07) is 0. The first-order valence-electron chi connectivity index (χ1n) is 3.23. The number of hydrogen-bond acceptors (Lipinski definition) is 3. The fourth-order valence-electron chi connectivity index (χ4n) is 0.463. The third-order valence-corrected chi connectivity index (χ3v) is 4.53. The predicted octanol–water partition coefficient (Wildman–Crippen LogP) is 1.10. The number of halogens is 1. The van der Waals surface area contributed by atoms with Gasteiger partial charge in [-0.15, -0.1) is 4.39 Å². The molecule has 0 aromatic rings. The molecule has 0 aromatic heterocycles. The van der Waals surface area contributed by atoms with Crippen molar-refractivity contribution in [3.63, 3.8) is 0 Å². The van der Waals surface area contributed by atoms with Gasteiger partial charge in [-0.25, -0.2) is 9.10 Å². The molecule has 0 aliphatic rings. The summed E-state index contributed by atoms with van der Waals surface area (Å²) in [5, 5.41) is 0. The minimum Gasteiger partial charge on any atom is -0.333 e. The highest BCUT2D eigenvalue weighted by Gasteiger charge is 2.23. The molecule has 0 atom stereocenters. The van der Waals surface area contributed by atoms with Gasteiger partial charge in [-0.05, 0) is 11.8 Å². The van der Waals surface area contributed by atoms with Crippen molar-refractivity contribution in [1.82, 2.24) is 8.38 Å². The van der Waals surface area contributed by atoms with Gasteiger partial charge in [-0.2, -0.15) is 4.08 Å². The minimum absolute atomic E-state index is 0.201. The third kappa shape index (κ3) is 4.90. The summed E-state index contributed by atoms with van der Waals surface area (Å²) in [6.07, 6.45) is -1.67. The SMILES string of the molecule is CCN(SN(C)C(=O)F)P(O)(O)=S. The van der Waals surface area contributed by atoms with Gasteiger partial charge in [0.15, 0.2) is 0 Å². The van der Waals surface area contributed by atoms with Crippen molar-refractivity contribution >= 4 is 36.7 Å². The third-order valence-electron chi connectivity index (χ3n) is 1.03. The Labute approximate surface area is 85.0 Å². The Morgan fingerprint density at radius 1 is 1.69 bits per heavy atom. The van der Waals surface area contributed by atoms with Crippen molar-refractivity contribution in [2.45, 2.75) is 6.92 Å². The summed E-state index contributed by atoms with van der Waals surface area (Å²) in [7, 11) is 1.17. The van der Waals surface area contributed by atoms with Gasteiger partial charge < -0.3 is 9.79 Å². The maximum Gasteiger partial charge on any atom is 0.410 e. The van der Waals surface area contributed by atoms with Crippen LogP contribution in [-0.2, 0) is 11.8 Å². The highest BCUT2D eigenvalue weighted by molar-refractivity contribution is 8.14. The average Bonchev–Trinajstić information content (AvgIpc) is 1.96. The lowest BCUT2D eigenvalue weighted by Crippen LogP contribution is -2.22. The zero-order valence-electron chi connectivity index (χ0n) is 7.05. The van der Waals surface area contributed by atoms with Gasteiger partial charge in [0.2, 0.25) is 0 Å². The van der Waals surface area contributed by atoms with Crippen molar-refractivity contribution in [3.8, 4) is 0 Å². The quantitative estimate of drug-likeness (QED) is 0.336. The van der Waals surface area contributed by atoms with Crippen LogP contribution in [0.1, 0.15) is 6.92 Å². The van der Waals surface area contributed by atoms with Gasteiger partial charge in [0, 0.05) is 13.6 Å². The van der Waals surface area contributed by atoms with E-state index in [2.05, 4.69) is 11.8 Å². The molecule has 0 fully saturated rings. The summed E-state index contributed by atoms with van der Waals surface area (Å²) in [4.78, 5) is 28.2. The van der Waals surface area contributed by atoms with Crippen molar-refractivity contribution in [3.05, 3.63) is 0 Å². The molecular formula is C4H10FN2O3PS2. The van der Waals surface area contributed by atoms with Crippen molar-refractivity contribution in [1.29, 1.82) is 0 Å². The molecule has 9 heteroatoms. The highest BCUT2D eigenvalue weighted by Crippen LogP contribution is 2.45. The smallest absolute Gasteiger partial charge is 0.333 e. The Bertz CT molecular complexity index is 235. The van der Waals surface area contributed by atoms with Gasteiger partial charge in [-0.1, -0.05) is 6.92 Å². The van der Waals surface area contributed by atoms with E-state index in [9.17, 15) is 9.18 Å². The Kier molecular flexibility index (Phi) is 5.35. The summed E-state index contributed by atoms with van der Waals surface area (Å²) < 4.78 is 13.6. The fraction of sp³-hybridized carbons (Fsp3) is 0.750. The molecule has 0 saturated heterocycles. The monoisotopic (exact) mass is 248 g/mol. The molecule has 0 unspecified atom stereocenters. The fourth-order valence-corrected chi connectivity index (χ4v) is 2.62. The van der Waals surface area contributed by atoms with E-state index in [1.807, 2.05) is 0 Å². The Hall–Kier alpha value is 0.280. The average molecular weight is 248 g/mol. The van der Waals surface area contributed by atoms with Crippen LogP contribution in [0.4, 0.5) is 9.18 Å². The molecule has 78 valence electrons. The topological polar surface area (TPSA) is 64.0 Å². The molecule has 1 amide bonds. The van der Waals surface area contributed by atoms with E-state index < -0.39 is 12.8 Å². The summed E-state index contributed by atoms with van der Waals surface area (Å²) >= 11 is 4.92. The predicted molar refractivity (Wildman–Crippen MR) is 53.0 cm³/mol. The van der Waals surface area contributed by atoms with Gasteiger partial charge in [0.1, 0.15) is 0 Å². The van der Waals surface area contributed by atoms with E-state index in [0.717, 1.165) is 4.08 Å². The molecule has 0 spiro atoms. The first-order valence-corrected chi connectivity index (χ1v) is 6.63. The molecule has 0 radical (unpaired) electrons. The number of amides is 1. The molecule has 0 bridgehead atoms. The van der Waals surface area contributed by atoms with Crippen LogP contribution >= 0.6 is 18.8 Å². The second kappa shape index (κ2) is 5.23. The maximum atomic E-state index is 12.0. The molecule has 0 aromatic carbocycles. The first kappa shape index (κ1) is 13.3. The van der Waals surface area contributed by atoms with E-state index in [1.165, 1.54) is 7.05 Å². The van der Waals surface area contributed by atoms with Gasteiger partial charge in [0.05, 0.1) is 12.1 Å². The Morgan fingerprint density at radius 2 is 2.15 bits per heavy atom. The zero-order chi connectivity index (χ0) is 10.6. The van der Waals surface area contributed by atoms with Crippen LogP contribution < -0.4 is 0 Å². The van der Waals surface area contributed by atoms with Crippen molar-refractivity contribution in [2.75, 3.05) is 13.6 Å². The second-order valence-electron chi connectivity index (χ2n) is 2.01. The summed E-state index contributed by atoms with van der Waals surface area (Å²) in [6.45, 7) is -1.79. The normalized spacial score (nSPS) is 11.8. The molecule has 0 aliphatic heterocycles. The Balaban J connectivity index is 4.31. The molecular weight excluding hydrogens is 238 g/mol. The molecule has 13 heavy (non-hydrogen) atoms. The van der Waals surface area contributed by atoms with Gasteiger partial charge in [0.25, 0.3) is 6.64 Å². The van der Waals surface area contributed by atoms with E-state index >= 15 is 0 Å².